The second-order valence-electron chi connectivity index (χ2n) is 6.76. The van der Waals surface area contributed by atoms with Gasteiger partial charge >= 0.3 is 6.18 Å². The predicted octanol–water partition coefficient (Wildman–Crippen LogP) is 4.98. The van der Waals surface area contributed by atoms with E-state index in [-0.39, 0.29) is 21.4 Å². The number of benzene rings is 2. The Morgan fingerprint density at radius 3 is 2.47 bits per heavy atom. The van der Waals surface area contributed by atoms with Crippen molar-refractivity contribution in [2.24, 2.45) is 0 Å². The third-order valence-corrected chi connectivity index (χ3v) is 5.32. The summed E-state index contributed by atoms with van der Waals surface area (Å²) in [4.78, 5) is 26.8. The van der Waals surface area contributed by atoms with Crippen LogP contribution in [0.1, 0.15) is 11.3 Å². The predicted molar refractivity (Wildman–Crippen MR) is 118 cm³/mol. The molecule has 2 aromatic carbocycles. The first-order valence-electron chi connectivity index (χ1n) is 9.18. The van der Waals surface area contributed by atoms with Crippen LogP contribution in [0.4, 0.5) is 18.9 Å². The molecule has 0 saturated carbocycles. The molecule has 0 aliphatic carbocycles. The van der Waals surface area contributed by atoms with Gasteiger partial charge in [-0.25, -0.2) is 0 Å². The lowest BCUT2D eigenvalue weighted by atomic mass is 10.1. The molecule has 1 aromatic heterocycles. The average Bonchev–Trinajstić information content (AvgIpc) is 3.20. The van der Waals surface area contributed by atoms with E-state index in [4.69, 9.17) is 23.8 Å². The number of hydrogen-bond acceptors (Lipinski definition) is 3. The van der Waals surface area contributed by atoms with Crippen LogP contribution < -0.4 is 10.2 Å². The van der Waals surface area contributed by atoms with Crippen LogP contribution in [-0.2, 0) is 15.8 Å². The zero-order chi connectivity index (χ0) is 23.0. The van der Waals surface area contributed by atoms with Gasteiger partial charge in [-0.15, -0.1) is 0 Å². The van der Waals surface area contributed by atoms with Crippen LogP contribution in [-0.4, -0.2) is 21.5 Å². The van der Waals surface area contributed by atoms with Crippen molar-refractivity contribution < 1.29 is 22.8 Å². The van der Waals surface area contributed by atoms with E-state index in [1.54, 1.807) is 36.4 Å². The maximum Gasteiger partial charge on any atom is 0.416 e. The Morgan fingerprint density at radius 1 is 1.00 bits per heavy atom. The largest absolute Gasteiger partial charge is 0.416 e. The van der Waals surface area contributed by atoms with Crippen LogP contribution in [0.5, 0.6) is 0 Å². The molecular weight excluding hydrogens is 463 g/mol. The Kier molecular flexibility index (Phi) is 5.62. The zero-order valence-electron chi connectivity index (χ0n) is 16.1. The number of nitrogens with zero attached hydrogens (tertiary/aromatic N) is 2. The third-order valence-electron chi connectivity index (χ3n) is 4.72. The van der Waals surface area contributed by atoms with Gasteiger partial charge < -0.3 is 4.57 Å². The van der Waals surface area contributed by atoms with Crippen molar-refractivity contribution in [1.82, 2.24) is 9.88 Å². The van der Waals surface area contributed by atoms with E-state index in [9.17, 15) is 22.8 Å². The summed E-state index contributed by atoms with van der Waals surface area (Å²) in [7, 11) is 0. The number of rotatable bonds is 3. The summed E-state index contributed by atoms with van der Waals surface area (Å²) in [5.41, 5.74) is -0.216. The van der Waals surface area contributed by atoms with Crippen LogP contribution in [0.3, 0.4) is 0 Å². The summed E-state index contributed by atoms with van der Waals surface area (Å²) in [6, 6.07) is 14.4. The highest BCUT2D eigenvalue weighted by molar-refractivity contribution is 7.80. The number of hydrogen-bond donors (Lipinski definition) is 1. The maximum atomic E-state index is 13.2. The molecule has 1 N–H and O–H groups in total. The Hall–Kier alpha value is -3.43. The quantitative estimate of drug-likeness (QED) is 0.330. The molecule has 1 fully saturated rings. The van der Waals surface area contributed by atoms with E-state index in [2.05, 4.69) is 5.32 Å². The molecule has 2 heterocycles. The molecule has 1 aliphatic heterocycles. The van der Waals surface area contributed by atoms with Crippen molar-refractivity contribution in [3.8, 4) is 5.69 Å². The number of carbonyl (C=O) groups excluding carboxylic acids is 2. The van der Waals surface area contributed by atoms with Crippen molar-refractivity contribution in [1.29, 1.82) is 0 Å². The van der Waals surface area contributed by atoms with Gasteiger partial charge in [-0.05, 0) is 60.8 Å². The highest BCUT2D eigenvalue weighted by Gasteiger charge is 2.35. The van der Waals surface area contributed by atoms with E-state index < -0.39 is 23.6 Å². The minimum atomic E-state index is -4.51. The smallest absolute Gasteiger partial charge is 0.317 e. The topological polar surface area (TPSA) is 54.3 Å². The molecule has 32 heavy (non-hydrogen) atoms. The summed E-state index contributed by atoms with van der Waals surface area (Å²) >= 11 is 11.3. The molecule has 162 valence electrons. The van der Waals surface area contributed by atoms with Crippen LogP contribution in [0, 0.1) is 0 Å². The normalized spacial score (nSPS) is 15.9. The van der Waals surface area contributed by atoms with Crippen LogP contribution in [0.2, 0.25) is 5.02 Å². The molecule has 0 spiro atoms. The van der Waals surface area contributed by atoms with Gasteiger partial charge in [-0.1, -0.05) is 29.8 Å². The number of amides is 2. The number of thiocarbonyl (C=S) groups is 1. The highest BCUT2D eigenvalue weighted by atomic mass is 35.5. The summed E-state index contributed by atoms with van der Waals surface area (Å²) in [6.07, 6.45) is -1.68. The number of aromatic nitrogens is 1. The molecule has 0 radical (unpaired) electrons. The lowest BCUT2D eigenvalue weighted by Gasteiger charge is -2.29. The molecule has 2 amide bonds. The number of anilines is 1. The molecule has 0 unspecified atom stereocenters. The van der Waals surface area contributed by atoms with Crippen molar-refractivity contribution in [3.63, 3.8) is 0 Å². The van der Waals surface area contributed by atoms with E-state index in [1.807, 2.05) is 0 Å². The minimum Gasteiger partial charge on any atom is -0.317 e. The van der Waals surface area contributed by atoms with Gasteiger partial charge in [0.1, 0.15) is 5.57 Å². The first-order valence-corrected chi connectivity index (χ1v) is 9.96. The van der Waals surface area contributed by atoms with Gasteiger partial charge in [0.05, 0.1) is 16.3 Å². The van der Waals surface area contributed by atoms with Gasteiger partial charge in [-0.3, -0.25) is 19.8 Å². The molecule has 4 rings (SSSR count). The highest BCUT2D eigenvalue weighted by Crippen LogP contribution is 2.32. The van der Waals surface area contributed by atoms with E-state index in [1.165, 1.54) is 29.0 Å². The van der Waals surface area contributed by atoms with Gasteiger partial charge in [0.25, 0.3) is 11.8 Å². The summed E-state index contributed by atoms with van der Waals surface area (Å²) < 4.78 is 40.8. The average molecular weight is 476 g/mol. The lowest BCUT2D eigenvalue weighted by Crippen LogP contribution is -2.54. The number of nitrogens with one attached hydrogen (secondary N) is 1. The number of carbonyl (C=O) groups is 2. The maximum absolute atomic E-state index is 13.2. The third kappa shape index (κ3) is 4.04. The molecular formula is C22H13ClF3N3O2S. The van der Waals surface area contributed by atoms with Crippen molar-refractivity contribution in [2.45, 2.75) is 6.18 Å². The fraction of sp³-hybridized carbons (Fsp3) is 0.0455. The Labute approximate surface area is 190 Å². The number of alkyl halides is 3. The van der Waals surface area contributed by atoms with Crippen molar-refractivity contribution in [2.75, 3.05) is 4.90 Å². The van der Waals surface area contributed by atoms with E-state index >= 15 is 0 Å². The molecule has 3 aromatic rings. The fourth-order valence-electron chi connectivity index (χ4n) is 3.24. The van der Waals surface area contributed by atoms with Gasteiger partial charge in [0.15, 0.2) is 5.11 Å². The van der Waals surface area contributed by atoms with E-state index in [0.717, 1.165) is 17.0 Å². The van der Waals surface area contributed by atoms with Gasteiger partial charge in [0, 0.05) is 17.6 Å². The summed E-state index contributed by atoms with van der Waals surface area (Å²) in [6.45, 7) is 0. The molecule has 1 saturated heterocycles. The minimum absolute atomic E-state index is 0.126. The number of halogens is 4. The lowest BCUT2D eigenvalue weighted by molar-refractivity contribution is -0.137. The van der Waals surface area contributed by atoms with Gasteiger partial charge in [-0.2, -0.15) is 13.2 Å². The fourth-order valence-corrected chi connectivity index (χ4v) is 3.73. The standard InChI is InChI=1S/C22H13ClF3N3O2S/c23-17-8-1-2-9-18(17)29-20(31)16(19(30)27-21(29)32)12-15-7-4-10-28(15)14-6-3-5-13(11-14)22(24,25)26/h1-12H,(H,27,30,32)/b16-12+. The molecule has 0 atom stereocenters. The molecule has 10 heteroatoms. The molecule has 5 nitrogen and oxygen atoms in total. The van der Waals surface area contributed by atoms with Gasteiger partial charge in [0.2, 0.25) is 0 Å². The Bertz CT molecular complexity index is 1280. The van der Waals surface area contributed by atoms with Crippen molar-refractivity contribution in [3.05, 3.63) is 88.7 Å². The summed E-state index contributed by atoms with van der Waals surface area (Å²) in [5, 5.41) is 2.58. The van der Waals surface area contributed by atoms with Crippen LogP contribution in [0.25, 0.3) is 11.8 Å². The zero-order valence-corrected chi connectivity index (χ0v) is 17.6. The number of para-hydroxylation sites is 1. The van der Waals surface area contributed by atoms with Crippen LogP contribution in [0.15, 0.2) is 72.4 Å². The Balaban J connectivity index is 1.76. The summed E-state index contributed by atoms with van der Waals surface area (Å²) in [5.74, 6) is -1.43. The molecule has 0 bridgehead atoms. The Morgan fingerprint density at radius 2 is 1.75 bits per heavy atom. The second kappa shape index (κ2) is 8.25. The molecule has 1 aliphatic rings. The van der Waals surface area contributed by atoms with Crippen LogP contribution >= 0.6 is 23.8 Å². The SMILES string of the molecule is O=C1NC(=S)N(c2ccccc2Cl)C(=O)/C1=C/c1cccn1-c1cccc(C(F)(F)F)c1. The first kappa shape index (κ1) is 21.8. The monoisotopic (exact) mass is 475 g/mol. The second-order valence-corrected chi connectivity index (χ2v) is 7.55. The first-order chi connectivity index (χ1) is 15.2. The van der Waals surface area contributed by atoms with Crippen molar-refractivity contribution >= 4 is 52.5 Å². The van der Waals surface area contributed by atoms with E-state index in [0.29, 0.717) is 11.4 Å².